The van der Waals surface area contributed by atoms with Gasteiger partial charge < -0.3 is 5.73 Å². The molecular formula is C13H18BrN. The van der Waals surface area contributed by atoms with Crippen LogP contribution in [-0.2, 0) is 0 Å². The third kappa shape index (κ3) is 1.74. The highest BCUT2D eigenvalue weighted by Gasteiger charge is 2.57. The molecule has 2 unspecified atom stereocenters. The van der Waals surface area contributed by atoms with Crippen molar-refractivity contribution in [1.29, 1.82) is 0 Å². The first-order valence-corrected chi connectivity index (χ1v) is 6.24. The second kappa shape index (κ2) is 3.60. The maximum atomic E-state index is 5.81. The standard InChI is InChI=1S/C13H18BrN/c1-8-4-5-11(14)9(6-8)12-10(7-15)13(12,2)3/h4-6,10,12H,7,15H2,1-3H3. The largest absolute Gasteiger partial charge is 0.330 e. The van der Waals surface area contributed by atoms with Gasteiger partial charge in [-0.25, -0.2) is 0 Å². The first-order valence-electron chi connectivity index (χ1n) is 5.44. The van der Waals surface area contributed by atoms with Crippen LogP contribution in [0.3, 0.4) is 0 Å². The average Bonchev–Trinajstić information content (AvgIpc) is 2.72. The van der Waals surface area contributed by atoms with E-state index in [1.807, 2.05) is 0 Å². The lowest BCUT2D eigenvalue weighted by molar-refractivity contribution is 0.558. The first kappa shape index (κ1) is 11.2. The summed E-state index contributed by atoms with van der Waals surface area (Å²) in [5.74, 6) is 1.26. The van der Waals surface area contributed by atoms with Crippen LogP contribution in [0.4, 0.5) is 0 Å². The molecule has 2 rings (SSSR count). The summed E-state index contributed by atoms with van der Waals surface area (Å²) < 4.78 is 1.22. The Morgan fingerprint density at radius 1 is 1.40 bits per heavy atom. The Kier molecular flexibility index (Phi) is 2.68. The average molecular weight is 268 g/mol. The molecule has 0 amide bonds. The Morgan fingerprint density at radius 3 is 2.60 bits per heavy atom. The van der Waals surface area contributed by atoms with Crippen molar-refractivity contribution in [3.8, 4) is 0 Å². The van der Waals surface area contributed by atoms with Crippen molar-refractivity contribution in [2.24, 2.45) is 17.1 Å². The van der Waals surface area contributed by atoms with Gasteiger partial charge in [0.25, 0.3) is 0 Å². The van der Waals surface area contributed by atoms with Crippen molar-refractivity contribution in [2.45, 2.75) is 26.7 Å². The highest BCUT2D eigenvalue weighted by atomic mass is 79.9. The molecule has 2 atom stereocenters. The fourth-order valence-corrected chi connectivity index (χ4v) is 3.20. The topological polar surface area (TPSA) is 26.0 Å². The number of halogens is 1. The molecule has 0 aromatic heterocycles. The molecule has 1 nitrogen and oxygen atoms in total. The van der Waals surface area contributed by atoms with E-state index in [4.69, 9.17) is 5.73 Å². The molecule has 0 aliphatic heterocycles. The quantitative estimate of drug-likeness (QED) is 0.873. The highest BCUT2D eigenvalue weighted by molar-refractivity contribution is 9.10. The van der Waals surface area contributed by atoms with E-state index in [1.54, 1.807) is 0 Å². The second-order valence-electron chi connectivity index (χ2n) is 5.17. The third-order valence-corrected chi connectivity index (χ3v) is 4.51. The Bertz CT molecular complexity index is 384. The molecular weight excluding hydrogens is 250 g/mol. The molecule has 2 N–H and O–H groups in total. The molecule has 0 saturated heterocycles. The minimum absolute atomic E-state index is 0.366. The summed E-state index contributed by atoms with van der Waals surface area (Å²) in [6, 6.07) is 6.57. The Morgan fingerprint density at radius 2 is 2.07 bits per heavy atom. The van der Waals surface area contributed by atoms with Gasteiger partial charge >= 0.3 is 0 Å². The van der Waals surface area contributed by atoms with Crippen molar-refractivity contribution in [3.05, 3.63) is 33.8 Å². The summed E-state index contributed by atoms with van der Waals surface area (Å²) in [6.07, 6.45) is 0. The first-order chi connectivity index (χ1) is 6.98. The predicted octanol–water partition coefficient (Wildman–Crippen LogP) is 3.46. The lowest BCUT2D eigenvalue weighted by Crippen LogP contribution is -2.05. The van der Waals surface area contributed by atoms with E-state index >= 15 is 0 Å². The summed E-state index contributed by atoms with van der Waals surface area (Å²) in [7, 11) is 0. The van der Waals surface area contributed by atoms with Crippen LogP contribution in [-0.4, -0.2) is 6.54 Å². The molecule has 1 saturated carbocycles. The van der Waals surface area contributed by atoms with Crippen LogP contribution < -0.4 is 5.73 Å². The highest BCUT2D eigenvalue weighted by Crippen LogP contribution is 2.64. The van der Waals surface area contributed by atoms with Crippen LogP contribution in [0.5, 0.6) is 0 Å². The Labute approximate surface area is 100 Å². The molecule has 1 aromatic rings. The number of benzene rings is 1. The molecule has 1 aliphatic rings. The minimum Gasteiger partial charge on any atom is -0.330 e. The lowest BCUT2D eigenvalue weighted by atomic mass is 10.0. The normalized spacial score (nSPS) is 27.8. The van der Waals surface area contributed by atoms with Gasteiger partial charge in [-0.05, 0) is 42.3 Å². The van der Waals surface area contributed by atoms with E-state index < -0.39 is 0 Å². The van der Waals surface area contributed by atoms with Crippen molar-refractivity contribution < 1.29 is 0 Å². The molecule has 15 heavy (non-hydrogen) atoms. The van der Waals surface area contributed by atoms with Gasteiger partial charge in [0.05, 0.1) is 0 Å². The van der Waals surface area contributed by atoms with Gasteiger partial charge in [0.15, 0.2) is 0 Å². The number of nitrogens with two attached hydrogens (primary N) is 1. The summed E-state index contributed by atoms with van der Waals surface area (Å²) in [5.41, 5.74) is 8.93. The van der Waals surface area contributed by atoms with Gasteiger partial charge in [-0.15, -0.1) is 0 Å². The monoisotopic (exact) mass is 267 g/mol. The molecule has 0 radical (unpaired) electrons. The van der Waals surface area contributed by atoms with Crippen molar-refractivity contribution in [3.63, 3.8) is 0 Å². The Hall–Kier alpha value is -0.340. The maximum absolute atomic E-state index is 5.81. The minimum atomic E-state index is 0.366. The molecule has 82 valence electrons. The SMILES string of the molecule is Cc1ccc(Br)c(C2C(CN)C2(C)C)c1. The van der Waals surface area contributed by atoms with Crippen LogP contribution >= 0.6 is 15.9 Å². The van der Waals surface area contributed by atoms with Gasteiger partial charge in [-0.2, -0.15) is 0 Å². The summed E-state index contributed by atoms with van der Waals surface area (Å²) in [4.78, 5) is 0. The van der Waals surface area contributed by atoms with Crippen LogP contribution in [0, 0.1) is 18.3 Å². The third-order valence-electron chi connectivity index (χ3n) is 3.79. The van der Waals surface area contributed by atoms with E-state index in [-0.39, 0.29) is 0 Å². The fourth-order valence-electron chi connectivity index (χ4n) is 2.70. The van der Waals surface area contributed by atoms with Crippen LogP contribution in [0.15, 0.2) is 22.7 Å². The van der Waals surface area contributed by atoms with Gasteiger partial charge in [-0.3, -0.25) is 0 Å². The predicted molar refractivity (Wildman–Crippen MR) is 67.9 cm³/mol. The van der Waals surface area contributed by atoms with E-state index in [9.17, 15) is 0 Å². The lowest BCUT2D eigenvalue weighted by Gasteiger charge is -2.07. The van der Waals surface area contributed by atoms with Gasteiger partial charge in [-0.1, -0.05) is 47.5 Å². The molecule has 0 spiro atoms. The summed E-state index contributed by atoms with van der Waals surface area (Å²) in [5, 5.41) is 0. The smallest absolute Gasteiger partial charge is 0.0210 e. The molecule has 0 bridgehead atoms. The van der Waals surface area contributed by atoms with E-state index in [2.05, 4.69) is 54.9 Å². The summed E-state index contributed by atoms with van der Waals surface area (Å²) in [6.45, 7) is 7.55. The molecule has 2 heteroatoms. The van der Waals surface area contributed by atoms with E-state index in [0.29, 0.717) is 17.3 Å². The molecule has 1 aliphatic carbocycles. The van der Waals surface area contributed by atoms with Crippen LogP contribution in [0.2, 0.25) is 0 Å². The zero-order chi connectivity index (χ0) is 11.2. The van der Waals surface area contributed by atoms with Crippen molar-refractivity contribution >= 4 is 15.9 Å². The van der Waals surface area contributed by atoms with Gasteiger partial charge in [0.2, 0.25) is 0 Å². The maximum Gasteiger partial charge on any atom is 0.0210 e. The van der Waals surface area contributed by atoms with E-state index in [1.165, 1.54) is 15.6 Å². The zero-order valence-corrected chi connectivity index (χ0v) is 11.1. The van der Waals surface area contributed by atoms with Crippen LogP contribution in [0.25, 0.3) is 0 Å². The number of rotatable bonds is 2. The van der Waals surface area contributed by atoms with Gasteiger partial charge in [0, 0.05) is 4.47 Å². The van der Waals surface area contributed by atoms with E-state index in [0.717, 1.165) is 6.54 Å². The zero-order valence-electron chi connectivity index (χ0n) is 9.55. The number of hydrogen-bond donors (Lipinski definition) is 1. The van der Waals surface area contributed by atoms with Gasteiger partial charge in [0.1, 0.15) is 0 Å². The molecule has 1 fully saturated rings. The second-order valence-corrected chi connectivity index (χ2v) is 6.02. The Balaban J connectivity index is 2.36. The molecule has 1 aromatic carbocycles. The molecule has 0 heterocycles. The van der Waals surface area contributed by atoms with Crippen molar-refractivity contribution in [2.75, 3.05) is 6.54 Å². The van der Waals surface area contributed by atoms with Crippen molar-refractivity contribution in [1.82, 2.24) is 0 Å². The number of hydrogen-bond acceptors (Lipinski definition) is 1. The summed E-state index contributed by atoms with van der Waals surface area (Å²) >= 11 is 3.64. The fraction of sp³-hybridized carbons (Fsp3) is 0.538. The van der Waals surface area contributed by atoms with Crippen LogP contribution in [0.1, 0.15) is 30.9 Å². The number of aryl methyl sites for hydroxylation is 1.